The average Bonchev–Trinajstić information content (AvgIpc) is 2.65. The topological polar surface area (TPSA) is 98.5 Å². The van der Waals surface area contributed by atoms with Crippen molar-refractivity contribution < 1.29 is 18.1 Å². The molecule has 0 heterocycles. The van der Waals surface area contributed by atoms with Gasteiger partial charge >= 0.3 is 5.69 Å². The van der Waals surface area contributed by atoms with Gasteiger partial charge in [0.1, 0.15) is 16.3 Å². The molecule has 3 aromatic rings. The van der Waals surface area contributed by atoms with Crippen molar-refractivity contribution in [2.75, 3.05) is 11.6 Å². The van der Waals surface area contributed by atoms with Crippen molar-refractivity contribution in [1.29, 1.82) is 0 Å². The van der Waals surface area contributed by atoms with E-state index in [-0.39, 0.29) is 23.2 Å². The number of para-hydroxylation sites is 1. The number of rotatable bonds is 7. The molecule has 0 saturated heterocycles. The largest absolute Gasteiger partial charge is 0.491 e. The smallest absolute Gasteiger partial charge is 0.310 e. The maximum atomic E-state index is 12.0. The summed E-state index contributed by atoms with van der Waals surface area (Å²) in [7, 11) is -3.75. The van der Waals surface area contributed by atoms with Gasteiger partial charge in [-0.05, 0) is 42.8 Å². The van der Waals surface area contributed by atoms with Crippen LogP contribution in [0.1, 0.15) is 19.4 Å². The summed E-state index contributed by atoms with van der Waals surface area (Å²) < 4.78 is 29.9. The minimum absolute atomic E-state index is 0.0437. The number of ether oxygens (including phenoxy) is 1. The normalized spacial score (nSPS) is 11.6. The Morgan fingerprint density at radius 3 is 2.45 bits per heavy atom. The maximum Gasteiger partial charge on any atom is 0.310 e. The maximum absolute atomic E-state index is 12.0. The van der Waals surface area contributed by atoms with Crippen molar-refractivity contribution in [3.05, 3.63) is 70.3 Å². The number of anilines is 1. The second-order valence-corrected chi connectivity index (χ2v) is 8.95. The molecule has 0 bridgehead atoms. The molecule has 3 aromatic carbocycles. The first kappa shape index (κ1) is 20.6. The number of benzene rings is 3. The summed E-state index contributed by atoms with van der Waals surface area (Å²) in [5.41, 5.74) is 0.527. The molecular formula is C21H22N2O5S. The summed E-state index contributed by atoms with van der Waals surface area (Å²) in [6, 6.07) is 15.8. The number of hydrogen-bond donors (Lipinski definition) is 1. The molecule has 0 aliphatic rings. The third-order valence-corrected chi connectivity index (χ3v) is 5.53. The Kier molecular flexibility index (Phi) is 5.74. The van der Waals surface area contributed by atoms with Gasteiger partial charge in [0.2, 0.25) is 0 Å². The number of nitrogens with one attached hydrogen (secondary N) is 1. The van der Waals surface area contributed by atoms with Gasteiger partial charge < -0.3 is 10.1 Å². The Morgan fingerprint density at radius 1 is 1.07 bits per heavy atom. The quantitative estimate of drug-likeness (QED) is 0.450. The van der Waals surface area contributed by atoms with Crippen LogP contribution in [0.5, 0.6) is 5.75 Å². The average molecular weight is 414 g/mol. The van der Waals surface area contributed by atoms with Crippen molar-refractivity contribution in [3.8, 4) is 5.75 Å². The van der Waals surface area contributed by atoms with E-state index in [0.29, 0.717) is 5.75 Å². The van der Waals surface area contributed by atoms with Crippen LogP contribution in [0.3, 0.4) is 0 Å². The molecule has 8 heteroatoms. The zero-order valence-corrected chi connectivity index (χ0v) is 17.2. The molecule has 0 saturated carbocycles. The molecule has 29 heavy (non-hydrogen) atoms. The highest BCUT2D eigenvalue weighted by Crippen LogP contribution is 2.34. The zero-order chi connectivity index (χ0) is 21.2. The molecule has 0 aliphatic carbocycles. The van der Waals surface area contributed by atoms with Crippen LogP contribution >= 0.6 is 0 Å². The Balaban J connectivity index is 2.07. The Morgan fingerprint density at radius 2 is 1.79 bits per heavy atom. The van der Waals surface area contributed by atoms with E-state index in [4.69, 9.17) is 4.74 Å². The van der Waals surface area contributed by atoms with Gasteiger partial charge in [-0.15, -0.1) is 0 Å². The van der Waals surface area contributed by atoms with Gasteiger partial charge in [0.15, 0.2) is 9.84 Å². The second-order valence-electron chi connectivity index (χ2n) is 6.97. The summed E-state index contributed by atoms with van der Waals surface area (Å²) >= 11 is 0. The number of nitrogens with zero attached hydrogens (tertiary/aromatic N) is 1. The minimum Gasteiger partial charge on any atom is -0.491 e. The highest BCUT2D eigenvalue weighted by molar-refractivity contribution is 7.90. The van der Waals surface area contributed by atoms with Crippen molar-refractivity contribution in [1.82, 2.24) is 0 Å². The van der Waals surface area contributed by atoms with Gasteiger partial charge in [0.25, 0.3) is 0 Å². The predicted octanol–water partition coefficient (Wildman–Crippen LogP) is 4.55. The lowest BCUT2D eigenvalue weighted by molar-refractivity contribution is -0.386. The highest BCUT2D eigenvalue weighted by Gasteiger charge is 2.26. The second kappa shape index (κ2) is 8.08. The first-order chi connectivity index (χ1) is 13.7. The molecule has 152 valence electrons. The number of fused-ring (bicyclic) bond motifs is 1. The number of sulfone groups is 1. The van der Waals surface area contributed by atoms with Gasteiger partial charge in [-0.1, -0.05) is 36.4 Å². The van der Waals surface area contributed by atoms with Crippen molar-refractivity contribution in [2.24, 2.45) is 0 Å². The molecule has 3 rings (SSSR count). The minimum atomic E-state index is -3.75. The molecule has 0 unspecified atom stereocenters. The van der Waals surface area contributed by atoms with E-state index in [2.05, 4.69) is 5.32 Å². The molecule has 0 radical (unpaired) electrons. The molecular weight excluding hydrogens is 392 g/mol. The first-order valence-electron chi connectivity index (χ1n) is 9.07. The zero-order valence-electron chi connectivity index (χ0n) is 16.4. The van der Waals surface area contributed by atoms with Gasteiger partial charge in [-0.2, -0.15) is 0 Å². The third kappa shape index (κ3) is 4.48. The van der Waals surface area contributed by atoms with Gasteiger partial charge in [0, 0.05) is 18.4 Å². The SMILES string of the molecule is CC(C)Oc1ccc2ccccc2c1CNc1cccc(S(C)(=O)=O)c1[N+](=O)[O-]. The van der Waals surface area contributed by atoms with Crippen LogP contribution in [0.2, 0.25) is 0 Å². The van der Waals surface area contributed by atoms with Crippen LogP contribution in [-0.2, 0) is 16.4 Å². The van der Waals surface area contributed by atoms with Crippen LogP contribution in [0.4, 0.5) is 11.4 Å². The van der Waals surface area contributed by atoms with E-state index in [0.717, 1.165) is 22.6 Å². The summed E-state index contributed by atoms with van der Waals surface area (Å²) in [4.78, 5) is 10.6. The number of nitro benzene ring substituents is 1. The van der Waals surface area contributed by atoms with Crippen LogP contribution in [0, 0.1) is 10.1 Å². The lowest BCUT2D eigenvalue weighted by atomic mass is 10.0. The molecule has 0 atom stereocenters. The molecule has 0 fully saturated rings. The summed E-state index contributed by atoms with van der Waals surface area (Å²) in [5.74, 6) is 0.674. The van der Waals surface area contributed by atoms with Crippen LogP contribution in [0.15, 0.2) is 59.5 Å². The number of nitro groups is 1. The van der Waals surface area contributed by atoms with Crippen molar-refractivity contribution >= 4 is 32.0 Å². The lowest BCUT2D eigenvalue weighted by Crippen LogP contribution is -2.11. The Bertz CT molecular complexity index is 1170. The van der Waals surface area contributed by atoms with Crippen molar-refractivity contribution in [2.45, 2.75) is 31.4 Å². The standard InChI is InChI=1S/C21H22N2O5S/c1-14(2)28-19-12-11-15-7-4-5-8-16(15)17(19)13-22-18-9-6-10-20(29(3,26)27)21(18)23(24)25/h4-12,14,22H,13H2,1-3H3. The van der Waals surface area contributed by atoms with E-state index in [1.165, 1.54) is 18.2 Å². The van der Waals surface area contributed by atoms with Crippen LogP contribution in [0.25, 0.3) is 10.8 Å². The third-order valence-electron chi connectivity index (χ3n) is 4.40. The molecule has 7 nitrogen and oxygen atoms in total. The fourth-order valence-corrected chi connectivity index (χ4v) is 4.06. The predicted molar refractivity (Wildman–Crippen MR) is 113 cm³/mol. The van der Waals surface area contributed by atoms with E-state index in [9.17, 15) is 18.5 Å². The Hall–Kier alpha value is -3.13. The lowest BCUT2D eigenvalue weighted by Gasteiger charge is -2.18. The van der Waals surface area contributed by atoms with Crippen molar-refractivity contribution in [3.63, 3.8) is 0 Å². The fraction of sp³-hybridized carbons (Fsp3) is 0.238. The van der Waals surface area contributed by atoms with Gasteiger partial charge in [-0.3, -0.25) is 10.1 Å². The summed E-state index contributed by atoms with van der Waals surface area (Å²) in [6.45, 7) is 4.08. The fourth-order valence-electron chi connectivity index (χ4n) is 3.20. The monoisotopic (exact) mass is 414 g/mol. The van der Waals surface area contributed by atoms with E-state index in [1.807, 2.05) is 50.2 Å². The van der Waals surface area contributed by atoms with Gasteiger partial charge in [0.05, 0.1) is 11.0 Å². The molecule has 0 amide bonds. The molecule has 0 spiro atoms. The molecule has 0 aliphatic heterocycles. The Labute approximate surface area is 169 Å². The summed E-state index contributed by atoms with van der Waals surface area (Å²) in [5, 5.41) is 16.6. The highest BCUT2D eigenvalue weighted by atomic mass is 32.2. The van der Waals surface area contributed by atoms with Crippen LogP contribution < -0.4 is 10.1 Å². The molecule has 0 aromatic heterocycles. The van der Waals surface area contributed by atoms with Gasteiger partial charge in [-0.25, -0.2) is 8.42 Å². The van der Waals surface area contributed by atoms with E-state index in [1.54, 1.807) is 0 Å². The molecule has 1 N–H and O–H groups in total. The first-order valence-corrected chi connectivity index (χ1v) is 11.0. The van der Waals surface area contributed by atoms with E-state index < -0.39 is 20.4 Å². The van der Waals surface area contributed by atoms with E-state index >= 15 is 0 Å². The summed E-state index contributed by atoms with van der Waals surface area (Å²) in [6.07, 6.45) is 0.913. The van der Waals surface area contributed by atoms with Crippen LogP contribution in [-0.4, -0.2) is 25.7 Å². The number of hydrogen-bond acceptors (Lipinski definition) is 6.